The van der Waals surface area contributed by atoms with E-state index >= 15 is 4.39 Å². The van der Waals surface area contributed by atoms with Gasteiger partial charge in [-0.3, -0.25) is 9.69 Å². The predicted molar refractivity (Wildman–Crippen MR) is 149 cm³/mol. The molecule has 0 radical (unpaired) electrons. The number of likely N-dealkylation sites (N-methyl/N-ethyl adjacent to an activating group) is 1. The highest BCUT2D eigenvalue weighted by Crippen LogP contribution is 2.40. The van der Waals surface area contributed by atoms with Gasteiger partial charge in [0.25, 0.3) is 6.47 Å². The number of aromatic nitrogens is 2. The molecule has 0 unspecified atom stereocenters. The van der Waals surface area contributed by atoms with Crippen LogP contribution in [0, 0.1) is 5.82 Å². The molecular weight excluding hydrogens is 618 g/mol. The van der Waals surface area contributed by atoms with Gasteiger partial charge in [0, 0.05) is 24.8 Å². The van der Waals surface area contributed by atoms with Gasteiger partial charge in [-0.25, -0.2) is 22.8 Å². The number of carboxylic acid groups (broad SMARTS) is 1. The third-order valence-corrected chi connectivity index (χ3v) is 8.99. The van der Waals surface area contributed by atoms with Crippen LogP contribution in [0.15, 0.2) is 59.9 Å². The van der Waals surface area contributed by atoms with Crippen molar-refractivity contribution in [3.8, 4) is 5.75 Å². The zero-order valence-electron chi connectivity index (χ0n) is 22.9. The van der Waals surface area contributed by atoms with Crippen molar-refractivity contribution in [1.82, 2.24) is 14.9 Å². The van der Waals surface area contributed by atoms with Crippen molar-refractivity contribution in [1.29, 1.82) is 0 Å². The van der Waals surface area contributed by atoms with E-state index in [1.807, 2.05) is 4.90 Å². The van der Waals surface area contributed by atoms with E-state index in [2.05, 4.69) is 9.97 Å². The fourth-order valence-corrected chi connectivity index (χ4v) is 6.64. The van der Waals surface area contributed by atoms with Gasteiger partial charge in [-0.15, -0.1) is 0 Å². The number of hydrogen-bond acceptors (Lipinski definition) is 8. The zero-order chi connectivity index (χ0) is 31.8. The molecule has 43 heavy (non-hydrogen) atoms. The minimum Gasteiger partial charge on any atom is -0.487 e. The van der Waals surface area contributed by atoms with Crippen LogP contribution < -0.4 is 4.74 Å². The molecule has 1 saturated carbocycles. The van der Waals surface area contributed by atoms with Crippen LogP contribution in [-0.4, -0.2) is 72.3 Å². The maximum absolute atomic E-state index is 15.1. The number of aliphatic hydroxyl groups excluding tert-OH is 1. The summed E-state index contributed by atoms with van der Waals surface area (Å²) in [6, 6.07) is 8.23. The zero-order valence-corrected chi connectivity index (χ0v) is 24.5. The molecule has 3 atom stereocenters. The van der Waals surface area contributed by atoms with E-state index in [4.69, 9.17) is 26.2 Å². The van der Waals surface area contributed by atoms with Gasteiger partial charge in [0.2, 0.25) is 0 Å². The van der Waals surface area contributed by atoms with Crippen LogP contribution in [0.5, 0.6) is 5.75 Å². The number of rotatable bonds is 9. The van der Waals surface area contributed by atoms with Gasteiger partial charge < -0.3 is 14.9 Å². The third-order valence-electron chi connectivity index (χ3n) is 7.04. The van der Waals surface area contributed by atoms with Crippen LogP contribution in [0.1, 0.15) is 42.0 Å². The van der Waals surface area contributed by atoms with E-state index in [1.165, 1.54) is 24.7 Å². The fraction of sp³-hybridized carbons (Fsp3) is 0.393. The molecule has 1 aliphatic rings. The molecule has 234 valence electrons. The van der Waals surface area contributed by atoms with E-state index in [0.717, 1.165) is 24.3 Å². The number of benzene rings is 2. The Hall–Kier alpha value is -3.33. The topological polar surface area (TPSA) is 130 Å². The molecule has 0 bridgehead atoms. The number of sulfone groups is 1. The summed E-state index contributed by atoms with van der Waals surface area (Å²) in [7, 11) is -2.36. The van der Waals surface area contributed by atoms with Gasteiger partial charge in [0.1, 0.15) is 28.9 Å². The molecule has 0 spiro atoms. The van der Waals surface area contributed by atoms with E-state index in [-0.39, 0.29) is 48.0 Å². The summed E-state index contributed by atoms with van der Waals surface area (Å²) in [5.74, 6) is -1.83. The van der Waals surface area contributed by atoms with E-state index < -0.39 is 44.1 Å². The highest BCUT2D eigenvalue weighted by molar-refractivity contribution is 7.90. The first-order chi connectivity index (χ1) is 20.3. The molecule has 0 amide bonds. The van der Waals surface area contributed by atoms with Crippen LogP contribution in [0.4, 0.5) is 17.6 Å². The lowest BCUT2D eigenvalue weighted by Gasteiger charge is -2.41. The molecule has 0 saturated heterocycles. The second kappa shape index (κ2) is 14.9. The Kier molecular flexibility index (Phi) is 11.8. The highest BCUT2D eigenvalue weighted by atomic mass is 35.5. The van der Waals surface area contributed by atoms with Gasteiger partial charge in [-0.2, -0.15) is 13.2 Å². The average Bonchev–Trinajstić information content (AvgIpc) is 2.95. The van der Waals surface area contributed by atoms with E-state index in [1.54, 1.807) is 13.1 Å². The number of nitrogens with zero attached hydrogens (tertiary/aromatic N) is 3. The van der Waals surface area contributed by atoms with Crippen molar-refractivity contribution in [3.05, 3.63) is 82.6 Å². The third kappa shape index (κ3) is 9.08. The van der Waals surface area contributed by atoms with Crippen LogP contribution in [-0.2, 0) is 26.6 Å². The lowest BCUT2D eigenvalue weighted by atomic mass is 9.79. The van der Waals surface area contributed by atoms with Crippen LogP contribution >= 0.6 is 11.6 Å². The van der Waals surface area contributed by atoms with Crippen molar-refractivity contribution in [2.45, 2.75) is 54.2 Å². The number of ether oxygens (including phenoxy) is 1. The number of alkyl halides is 3. The van der Waals surface area contributed by atoms with Crippen LogP contribution in [0.2, 0.25) is 5.02 Å². The summed E-state index contributed by atoms with van der Waals surface area (Å²) in [5, 5.41) is 16.3. The first-order valence-corrected chi connectivity index (χ1v) is 15.0. The number of halogens is 5. The van der Waals surface area contributed by atoms with Gasteiger partial charge in [-0.05, 0) is 56.0 Å². The van der Waals surface area contributed by atoms with Crippen molar-refractivity contribution in [3.63, 3.8) is 0 Å². The largest absolute Gasteiger partial charge is 0.487 e. The molecule has 1 heterocycles. The Labute approximate surface area is 251 Å². The van der Waals surface area contributed by atoms with Crippen molar-refractivity contribution >= 4 is 27.9 Å². The standard InChI is InChI=1S/C27H28ClF4N3O4S.CH2O2/c1-35(9-10-36)23-12-18(17-3-2-4-19(11-17)27(30,31)32)5-6-24(23)39-25-14-22(29)26(13-21(25)28)40(37,38)15-20-7-8-33-16-34-20;2-1-3/h2-4,7-8,11,13-14,16,18,23-24,36H,5-6,9-10,12,15H2,1H3;1H,(H,2,3)/t18-,23-,24-;/m0./s1. The summed E-state index contributed by atoms with van der Waals surface area (Å²) >= 11 is 6.36. The number of aliphatic hydroxyl groups is 1. The van der Waals surface area contributed by atoms with Crippen LogP contribution in [0.25, 0.3) is 0 Å². The molecule has 2 aromatic carbocycles. The van der Waals surface area contributed by atoms with E-state index in [9.17, 15) is 26.7 Å². The molecule has 1 aliphatic carbocycles. The average molecular weight is 648 g/mol. The highest BCUT2D eigenvalue weighted by Gasteiger charge is 2.37. The second-order valence-electron chi connectivity index (χ2n) is 9.84. The Morgan fingerprint density at radius 3 is 2.53 bits per heavy atom. The molecule has 2 N–H and O–H groups in total. The Bertz CT molecular complexity index is 1480. The van der Waals surface area contributed by atoms with Crippen molar-refractivity contribution < 1.29 is 45.7 Å². The normalized spacial score (nSPS) is 18.9. The smallest absolute Gasteiger partial charge is 0.416 e. The molecule has 1 fully saturated rings. The summed E-state index contributed by atoms with van der Waals surface area (Å²) < 4.78 is 86.7. The summed E-state index contributed by atoms with van der Waals surface area (Å²) in [5.41, 5.74) is 0.0248. The molecular formula is C28H30ClF4N3O6S. The fourth-order valence-electron chi connectivity index (χ4n) is 4.99. The summed E-state index contributed by atoms with van der Waals surface area (Å²) in [6.45, 7) is -0.121. The lowest BCUT2D eigenvalue weighted by molar-refractivity contribution is -0.137. The molecule has 1 aromatic heterocycles. The minimum absolute atomic E-state index is 0.0509. The Balaban J connectivity index is 0.00000162. The van der Waals surface area contributed by atoms with Crippen molar-refractivity contribution in [2.75, 3.05) is 20.2 Å². The number of carbonyl (C=O) groups is 1. The van der Waals surface area contributed by atoms with E-state index in [0.29, 0.717) is 24.8 Å². The monoisotopic (exact) mass is 647 g/mol. The maximum Gasteiger partial charge on any atom is 0.416 e. The molecule has 3 aromatic rings. The summed E-state index contributed by atoms with van der Waals surface area (Å²) in [6.07, 6.45) is -1.10. The minimum atomic E-state index is -4.46. The maximum atomic E-state index is 15.1. The van der Waals surface area contributed by atoms with Crippen molar-refractivity contribution in [2.24, 2.45) is 0 Å². The second-order valence-corrected chi connectivity index (χ2v) is 12.2. The SMILES string of the molecule is CN(CCO)[C@H]1C[C@@H](c2cccc(C(F)(F)F)c2)CC[C@@H]1Oc1cc(F)c(S(=O)(=O)Cc2ccncn2)cc1Cl.O=CO. The molecule has 0 aliphatic heterocycles. The molecule has 15 heteroatoms. The predicted octanol–water partition coefficient (Wildman–Crippen LogP) is 4.97. The Morgan fingerprint density at radius 2 is 1.91 bits per heavy atom. The van der Waals surface area contributed by atoms with Gasteiger partial charge in [0.15, 0.2) is 9.84 Å². The summed E-state index contributed by atoms with van der Waals surface area (Å²) in [4.78, 5) is 17.2. The van der Waals surface area contributed by atoms with Gasteiger partial charge >= 0.3 is 6.18 Å². The Morgan fingerprint density at radius 1 is 1.19 bits per heavy atom. The van der Waals surface area contributed by atoms with Crippen LogP contribution in [0.3, 0.4) is 0 Å². The first kappa shape index (κ1) is 34.2. The quantitative estimate of drug-likeness (QED) is 0.244. The first-order valence-electron chi connectivity index (χ1n) is 13.0. The van der Waals surface area contributed by atoms with Gasteiger partial charge in [-0.1, -0.05) is 29.8 Å². The molecule has 4 rings (SSSR count). The number of hydrogen-bond donors (Lipinski definition) is 2. The van der Waals surface area contributed by atoms with Gasteiger partial charge in [0.05, 0.1) is 28.6 Å². The lowest BCUT2D eigenvalue weighted by Crippen LogP contribution is -2.48. The molecule has 9 nitrogen and oxygen atoms in total.